The molecule has 14 heavy (non-hydrogen) atoms. The number of fused-ring (bicyclic) bond motifs is 1. The molecule has 1 heteroatoms. The number of hydrogen-bond donors (Lipinski definition) is 0. The van der Waals surface area contributed by atoms with E-state index in [0.717, 1.165) is 16.7 Å². The van der Waals surface area contributed by atoms with Crippen molar-refractivity contribution in [1.82, 2.24) is 0 Å². The first-order valence-electron chi connectivity index (χ1n) is 4.69. The molecule has 1 aromatic rings. The molecule has 0 aromatic heterocycles. The van der Waals surface area contributed by atoms with Gasteiger partial charge >= 0.3 is 0 Å². The molecule has 2 rings (SSSR count). The van der Waals surface area contributed by atoms with E-state index in [-0.39, 0.29) is 5.78 Å². The van der Waals surface area contributed by atoms with Gasteiger partial charge in [0.1, 0.15) is 0 Å². The van der Waals surface area contributed by atoms with Gasteiger partial charge in [0.25, 0.3) is 0 Å². The van der Waals surface area contributed by atoms with Crippen LogP contribution >= 0.6 is 0 Å². The van der Waals surface area contributed by atoms with Crippen LogP contribution in [0.2, 0.25) is 0 Å². The Kier molecular flexibility index (Phi) is 2.08. The molecule has 1 aromatic carbocycles. The first-order valence-corrected chi connectivity index (χ1v) is 4.69. The first-order chi connectivity index (χ1) is 6.68. The Morgan fingerprint density at radius 1 is 1.14 bits per heavy atom. The van der Waals surface area contributed by atoms with E-state index < -0.39 is 0 Å². The highest BCUT2D eigenvalue weighted by molar-refractivity contribution is 6.17. The van der Waals surface area contributed by atoms with E-state index in [2.05, 4.69) is 0 Å². The van der Waals surface area contributed by atoms with Crippen LogP contribution in [0, 0.1) is 0 Å². The fourth-order valence-electron chi connectivity index (χ4n) is 1.68. The Morgan fingerprint density at radius 3 is 2.43 bits per heavy atom. The third kappa shape index (κ3) is 1.41. The summed E-state index contributed by atoms with van der Waals surface area (Å²) in [7, 11) is 0. The smallest absolute Gasteiger partial charge is 0.187 e. The fraction of sp³-hybridized carbons (Fsp3) is 0.154. The summed E-state index contributed by atoms with van der Waals surface area (Å²) in [5.74, 6) is 0.119. The molecule has 0 radical (unpaired) electrons. The number of rotatable bonds is 1. The van der Waals surface area contributed by atoms with Gasteiger partial charge in [-0.25, -0.2) is 0 Å². The number of ketones is 1. The van der Waals surface area contributed by atoms with Crippen molar-refractivity contribution < 1.29 is 4.79 Å². The monoisotopic (exact) mass is 184 g/mol. The lowest BCUT2D eigenvalue weighted by molar-refractivity contribution is 0.105. The Balaban J connectivity index is 2.54. The van der Waals surface area contributed by atoms with Gasteiger partial charge in [0.2, 0.25) is 0 Å². The highest BCUT2D eigenvalue weighted by atomic mass is 16.1. The first kappa shape index (κ1) is 8.95. The largest absolute Gasteiger partial charge is 0.289 e. The molecule has 70 valence electrons. The summed E-state index contributed by atoms with van der Waals surface area (Å²) < 4.78 is 0. The van der Waals surface area contributed by atoms with E-state index in [4.69, 9.17) is 0 Å². The van der Waals surface area contributed by atoms with Crippen LogP contribution in [0.1, 0.15) is 29.8 Å². The number of benzene rings is 1. The molecule has 1 aliphatic rings. The van der Waals surface area contributed by atoms with Crippen molar-refractivity contribution in [3.63, 3.8) is 0 Å². The lowest BCUT2D eigenvalue weighted by Crippen LogP contribution is -1.89. The molecular weight excluding hydrogens is 172 g/mol. The summed E-state index contributed by atoms with van der Waals surface area (Å²) >= 11 is 0. The van der Waals surface area contributed by atoms with Gasteiger partial charge in [0.15, 0.2) is 5.78 Å². The maximum absolute atomic E-state index is 11.6. The van der Waals surface area contributed by atoms with Crippen molar-refractivity contribution in [2.24, 2.45) is 0 Å². The lowest BCUT2D eigenvalue weighted by atomic mass is 10.0. The van der Waals surface area contributed by atoms with Gasteiger partial charge in [-0.3, -0.25) is 4.79 Å². The summed E-state index contributed by atoms with van der Waals surface area (Å²) in [5.41, 5.74) is 4.12. The normalized spacial score (nSPS) is 13.6. The van der Waals surface area contributed by atoms with Gasteiger partial charge in [0, 0.05) is 5.56 Å². The van der Waals surface area contributed by atoms with Gasteiger partial charge in [-0.2, -0.15) is 0 Å². The van der Waals surface area contributed by atoms with Crippen molar-refractivity contribution in [3.8, 4) is 0 Å². The summed E-state index contributed by atoms with van der Waals surface area (Å²) in [5, 5.41) is 0. The number of allylic oxidation sites excluding steroid dienone is 4. The fourth-order valence-corrected chi connectivity index (χ4v) is 1.68. The summed E-state index contributed by atoms with van der Waals surface area (Å²) in [4.78, 5) is 11.6. The maximum Gasteiger partial charge on any atom is 0.187 e. The number of carbonyl (C=O) groups is 1. The second kappa shape index (κ2) is 3.26. The van der Waals surface area contributed by atoms with Crippen molar-refractivity contribution in [1.29, 1.82) is 0 Å². The molecule has 0 bridgehead atoms. The van der Waals surface area contributed by atoms with Gasteiger partial charge < -0.3 is 0 Å². The van der Waals surface area contributed by atoms with E-state index in [0.29, 0.717) is 0 Å². The zero-order valence-electron chi connectivity index (χ0n) is 8.37. The van der Waals surface area contributed by atoms with E-state index in [9.17, 15) is 4.79 Å². The lowest BCUT2D eigenvalue weighted by Gasteiger charge is -1.99. The molecule has 0 fully saturated rings. The molecule has 0 heterocycles. The topological polar surface area (TPSA) is 17.1 Å². The van der Waals surface area contributed by atoms with Crippen LogP contribution in [-0.4, -0.2) is 5.78 Å². The van der Waals surface area contributed by atoms with E-state index >= 15 is 0 Å². The minimum atomic E-state index is 0.119. The SMILES string of the molecule is CC(C)=CC1=CC(=O)c2ccccc21. The zero-order chi connectivity index (χ0) is 10.1. The molecule has 0 spiro atoms. The maximum atomic E-state index is 11.6. The highest BCUT2D eigenvalue weighted by Gasteiger charge is 2.18. The second-order valence-corrected chi connectivity index (χ2v) is 3.73. The Labute approximate surface area is 83.8 Å². The zero-order valence-corrected chi connectivity index (χ0v) is 8.37. The Hall–Kier alpha value is -1.63. The van der Waals surface area contributed by atoms with Crippen LogP contribution in [0.15, 0.2) is 42.0 Å². The van der Waals surface area contributed by atoms with Crippen LogP contribution in [0.25, 0.3) is 5.57 Å². The van der Waals surface area contributed by atoms with E-state index in [1.807, 2.05) is 44.2 Å². The molecule has 0 N–H and O–H groups in total. The van der Waals surface area contributed by atoms with E-state index in [1.165, 1.54) is 5.57 Å². The standard InChI is InChI=1S/C13H12O/c1-9(2)7-10-8-13(14)12-6-4-3-5-11(10)12/h3-8H,1-2H3. The van der Waals surface area contributed by atoms with Crippen LogP contribution in [-0.2, 0) is 0 Å². The quantitative estimate of drug-likeness (QED) is 0.654. The van der Waals surface area contributed by atoms with Gasteiger partial charge in [-0.1, -0.05) is 35.9 Å². The third-order valence-corrected chi connectivity index (χ3v) is 2.23. The summed E-state index contributed by atoms with van der Waals surface area (Å²) in [6, 6.07) is 7.73. The molecule has 0 unspecified atom stereocenters. The predicted octanol–water partition coefficient (Wildman–Crippen LogP) is 3.23. The Bertz CT molecular complexity index is 446. The molecule has 1 nitrogen and oxygen atoms in total. The van der Waals surface area contributed by atoms with Gasteiger partial charge in [0.05, 0.1) is 0 Å². The average molecular weight is 184 g/mol. The van der Waals surface area contributed by atoms with Crippen molar-refractivity contribution in [2.45, 2.75) is 13.8 Å². The number of carbonyl (C=O) groups excluding carboxylic acids is 1. The Morgan fingerprint density at radius 2 is 1.79 bits per heavy atom. The van der Waals surface area contributed by atoms with Gasteiger partial charge in [-0.05, 0) is 31.1 Å². The van der Waals surface area contributed by atoms with Crippen LogP contribution in [0.5, 0.6) is 0 Å². The van der Waals surface area contributed by atoms with Crippen molar-refractivity contribution in [3.05, 3.63) is 53.1 Å². The van der Waals surface area contributed by atoms with Gasteiger partial charge in [-0.15, -0.1) is 0 Å². The molecule has 0 atom stereocenters. The summed E-state index contributed by atoms with van der Waals surface area (Å²) in [6.07, 6.45) is 3.75. The van der Waals surface area contributed by atoms with Crippen LogP contribution in [0.4, 0.5) is 0 Å². The van der Waals surface area contributed by atoms with E-state index in [1.54, 1.807) is 6.08 Å². The molecule has 0 saturated carbocycles. The van der Waals surface area contributed by atoms with Crippen molar-refractivity contribution in [2.75, 3.05) is 0 Å². The molecule has 0 amide bonds. The second-order valence-electron chi connectivity index (χ2n) is 3.73. The molecule has 1 aliphatic carbocycles. The van der Waals surface area contributed by atoms with Crippen LogP contribution in [0.3, 0.4) is 0 Å². The minimum absolute atomic E-state index is 0.119. The van der Waals surface area contributed by atoms with Crippen molar-refractivity contribution >= 4 is 11.4 Å². The molecular formula is C13H12O. The molecule has 0 aliphatic heterocycles. The molecule has 0 saturated heterocycles. The third-order valence-electron chi connectivity index (χ3n) is 2.23. The highest BCUT2D eigenvalue weighted by Crippen LogP contribution is 2.28. The van der Waals surface area contributed by atoms with Crippen LogP contribution < -0.4 is 0 Å². The predicted molar refractivity (Wildman–Crippen MR) is 58.2 cm³/mol. The minimum Gasteiger partial charge on any atom is -0.289 e. The average Bonchev–Trinajstić information content (AvgIpc) is 2.44. The number of hydrogen-bond acceptors (Lipinski definition) is 1. The summed E-state index contributed by atoms with van der Waals surface area (Å²) in [6.45, 7) is 4.07.